The predicted octanol–water partition coefficient (Wildman–Crippen LogP) is -1.30. The highest BCUT2D eigenvalue weighted by Crippen LogP contribution is 2.27. The van der Waals surface area contributed by atoms with Gasteiger partial charge in [-0.05, 0) is 17.3 Å². The van der Waals surface area contributed by atoms with Crippen LogP contribution in [0, 0.1) is 4.91 Å². The maximum Gasteiger partial charge on any atom is 0.365 e. The van der Waals surface area contributed by atoms with Crippen molar-refractivity contribution in [1.29, 1.82) is 0 Å². The third-order valence-electron chi connectivity index (χ3n) is 1.57. The smallest absolute Gasteiger partial charge is 0.365 e. The van der Waals surface area contributed by atoms with Gasteiger partial charge in [-0.2, -0.15) is 0 Å². The van der Waals surface area contributed by atoms with Gasteiger partial charge in [0, 0.05) is 0 Å². The Bertz CT molecular complexity index is 418. The number of nitrogens with two attached hydrogens (primary N) is 1. The number of primary amides is 1. The first-order chi connectivity index (χ1) is 7.15. The van der Waals surface area contributed by atoms with E-state index in [-0.39, 0.29) is 16.9 Å². The lowest BCUT2D eigenvalue weighted by Crippen LogP contribution is -2.82. The molecule has 0 spiro atoms. The molecule has 0 fully saturated rings. The number of benzene rings is 1. The summed E-state index contributed by atoms with van der Waals surface area (Å²) in [5.41, 5.74) is 7.09. The van der Waals surface area contributed by atoms with Crippen LogP contribution in [0.2, 0.25) is 0 Å². The number of hydrogen-bond donors (Lipinski definition) is 4. The predicted molar refractivity (Wildman–Crippen MR) is 54.3 cm³/mol. The minimum Gasteiger partial charge on any atom is -0.870 e. The van der Waals surface area contributed by atoms with Crippen molar-refractivity contribution in [2.24, 2.45) is 10.9 Å². The van der Waals surface area contributed by atoms with Gasteiger partial charge < -0.3 is 16.3 Å². The van der Waals surface area contributed by atoms with Crippen LogP contribution in [0.1, 0.15) is 5.56 Å². The molecule has 0 bridgehead atoms. The van der Waals surface area contributed by atoms with Crippen LogP contribution in [-0.4, -0.2) is 22.8 Å². The molecule has 1 rings (SSSR count). The Balaban J connectivity index is 0.00000225. The van der Waals surface area contributed by atoms with Crippen LogP contribution in [-0.2, 0) is 0 Å². The van der Waals surface area contributed by atoms with Gasteiger partial charge in [-0.15, -0.1) is 15.4 Å². The van der Waals surface area contributed by atoms with Crippen LogP contribution in [0.3, 0.4) is 0 Å². The number of nitrogens with one attached hydrogen (secondary N) is 2. The Morgan fingerprint density at radius 2 is 2.25 bits per heavy atom. The molecule has 0 radical (unpaired) electrons. The van der Waals surface area contributed by atoms with Crippen molar-refractivity contribution in [1.82, 2.24) is 5.43 Å². The van der Waals surface area contributed by atoms with Gasteiger partial charge in [0.2, 0.25) is 6.21 Å². The highest BCUT2D eigenvalue weighted by molar-refractivity contribution is 5.83. The molecule has 8 heteroatoms. The van der Waals surface area contributed by atoms with Crippen LogP contribution in [0.25, 0.3) is 0 Å². The van der Waals surface area contributed by atoms with Crippen LogP contribution >= 0.6 is 0 Å². The minimum atomic E-state index is -0.768. The molecule has 0 aromatic heterocycles. The molecule has 0 aliphatic carbocycles. The summed E-state index contributed by atoms with van der Waals surface area (Å²) in [4.78, 5) is 20.5. The Labute approximate surface area is 90.0 Å². The molecule has 0 saturated heterocycles. The average Bonchev–Trinajstić information content (AvgIpc) is 2.20. The second kappa shape index (κ2) is 6.09. The van der Waals surface area contributed by atoms with E-state index in [1.54, 1.807) is 0 Å². The van der Waals surface area contributed by atoms with Gasteiger partial charge in [0.05, 0.1) is 5.56 Å². The lowest BCUT2D eigenvalue weighted by molar-refractivity contribution is -0.502. The first kappa shape index (κ1) is 13.5. The number of urea groups is 1. The van der Waals surface area contributed by atoms with E-state index < -0.39 is 6.03 Å². The molecule has 0 unspecified atom stereocenters. The standard InChI is InChI=1S/C8H8N4O3.H2O/c9-8(14)11-10-4-5-2-1-3-6(12-15)7(5)13;/h1-4,13H,(H3,9,11,14);1H2/b10-4+;. The number of phenolic OH excluding ortho intramolecular Hbond substituents is 1. The molecule has 1 aromatic carbocycles. The number of amides is 2. The monoisotopic (exact) mass is 226 g/mol. The number of aromatic hydroxyl groups is 1. The average molecular weight is 226 g/mol. The van der Waals surface area contributed by atoms with Gasteiger partial charge in [0.1, 0.15) is 5.69 Å². The van der Waals surface area contributed by atoms with Crippen LogP contribution in [0.4, 0.5) is 10.5 Å². The lowest BCUT2D eigenvalue weighted by atomic mass is 10.2. The van der Waals surface area contributed by atoms with Gasteiger partial charge >= 0.3 is 6.03 Å². The van der Waals surface area contributed by atoms with Crippen molar-refractivity contribution in [2.45, 2.75) is 0 Å². The summed E-state index contributed by atoms with van der Waals surface area (Å²) in [6.07, 6.45) is 1.27. The summed E-state index contributed by atoms with van der Waals surface area (Å²) >= 11 is 0. The Kier molecular flexibility index (Phi) is 5.14. The fourth-order valence-corrected chi connectivity index (χ4v) is 0.924. The molecule has 6 N–H and O–H groups in total. The normalized spacial score (nSPS) is 9.50. The highest BCUT2D eigenvalue weighted by atomic mass is 16.3. The largest absolute Gasteiger partial charge is 0.870 e. The Morgan fingerprint density at radius 1 is 1.56 bits per heavy atom. The zero-order valence-electron chi connectivity index (χ0n) is 8.04. The van der Waals surface area contributed by atoms with Crippen LogP contribution in [0.15, 0.2) is 23.4 Å². The number of phenols is 1. The van der Waals surface area contributed by atoms with Crippen molar-refractivity contribution in [2.75, 3.05) is 0 Å². The second-order valence-corrected chi connectivity index (χ2v) is 2.58. The van der Waals surface area contributed by atoms with E-state index >= 15 is 0 Å². The number of nitrogens with zero attached hydrogens (tertiary/aromatic N) is 1. The van der Waals surface area contributed by atoms with Crippen molar-refractivity contribution in [3.8, 4) is 5.75 Å². The molecule has 86 valence electrons. The third-order valence-corrected chi connectivity index (χ3v) is 1.57. The van der Waals surface area contributed by atoms with E-state index in [9.17, 15) is 14.8 Å². The van der Waals surface area contributed by atoms with Crippen molar-refractivity contribution in [3.63, 3.8) is 0 Å². The van der Waals surface area contributed by atoms with E-state index in [4.69, 9.17) is 5.73 Å². The summed E-state index contributed by atoms with van der Waals surface area (Å²) in [5, 5.41) is 14.4. The summed E-state index contributed by atoms with van der Waals surface area (Å²) in [6.45, 7) is 0. The SMILES string of the molecule is NC(=O)N/[NH+]=C/c1cccc(N=O)c1O.[OH-]. The number of carbonyl (C=O) groups is 1. The number of nitroso groups, excluding NO2 is 1. The van der Waals surface area contributed by atoms with Gasteiger partial charge in [0.25, 0.3) is 0 Å². The summed E-state index contributed by atoms with van der Waals surface area (Å²) < 4.78 is 0. The first-order valence-electron chi connectivity index (χ1n) is 3.94. The molecule has 0 aliphatic rings. The van der Waals surface area contributed by atoms with E-state index in [0.29, 0.717) is 5.56 Å². The van der Waals surface area contributed by atoms with Crippen molar-refractivity contribution in [3.05, 3.63) is 28.7 Å². The third kappa shape index (κ3) is 3.35. The number of hydrazine groups is 1. The topological polar surface area (TPSA) is 149 Å². The van der Waals surface area contributed by atoms with E-state index in [2.05, 4.69) is 15.7 Å². The summed E-state index contributed by atoms with van der Waals surface area (Å²) in [6, 6.07) is 3.66. The van der Waals surface area contributed by atoms with Crippen molar-refractivity contribution < 1.29 is 20.5 Å². The maximum absolute atomic E-state index is 10.3. The first-order valence-corrected chi connectivity index (χ1v) is 3.94. The second-order valence-electron chi connectivity index (χ2n) is 2.58. The molecule has 0 aliphatic heterocycles. The zero-order chi connectivity index (χ0) is 11.3. The summed E-state index contributed by atoms with van der Waals surface area (Å²) in [5.74, 6) is -0.272. The van der Waals surface area contributed by atoms with Gasteiger partial charge in [0.15, 0.2) is 5.75 Å². The molecule has 0 saturated carbocycles. The number of rotatable bonds is 3. The molecular formula is C8H10N4O4. The highest BCUT2D eigenvalue weighted by Gasteiger charge is 2.07. The van der Waals surface area contributed by atoms with E-state index in [1.807, 2.05) is 0 Å². The Hall–Kier alpha value is -2.48. The quantitative estimate of drug-likeness (QED) is 0.287. The van der Waals surface area contributed by atoms with Crippen molar-refractivity contribution >= 4 is 17.9 Å². The summed E-state index contributed by atoms with van der Waals surface area (Å²) in [7, 11) is 0. The van der Waals surface area contributed by atoms with Crippen LogP contribution < -0.4 is 16.3 Å². The van der Waals surface area contributed by atoms with Crippen LogP contribution in [0.5, 0.6) is 5.75 Å². The number of para-hydroxylation sites is 1. The van der Waals surface area contributed by atoms with Gasteiger partial charge in [-0.25, -0.2) is 4.79 Å². The maximum atomic E-state index is 10.3. The van der Waals surface area contributed by atoms with E-state index in [1.165, 1.54) is 24.4 Å². The van der Waals surface area contributed by atoms with Gasteiger partial charge in [-0.3, -0.25) is 0 Å². The molecule has 2 amide bonds. The molecule has 16 heavy (non-hydrogen) atoms. The van der Waals surface area contributed by atoms with E-state index in [0.717, 1.165) is 0 Å². The zero-order valence-corrected chi connectivity index (χ0v) is 8.04. The van der Waals surface area contributed by atoms with Gasteiger partial charge in [-0.1, -0.05) is 6.07 Å². The fraction of sp³-hybridized carbons (Fsp3) is 0. The fourth-order valence-electron chi connectivity index (χ4n) is 0.924. The molecule has 0 heterocycles. The number of carbonyl (C=O) groups excluding carboxylic acids is 1. The number of hydrazone groups is 1. The molecule has 1 aromatic rings. The molecular weight excluding hydrogens is 216 g/mol. The molecule has 0 atom stereocenters. The Morgan fingerprint density at radius 3 is 2.81 bits per heavy atom. The number of hydrogen-bond acceptors (Lipinski definition) is 5. The lowest BCUT2D eigenvalue weighted by Gasteiger charge is -1.96. The molecule has 8 nitrogen and oxygen atoms in total. The minimum absolute atomic E-state index is 0.